The minimum atomic E-state index is -0.103. The van der Waals surface area contributed by atoms with E-state index in [1.54, 1.807) is 6.07 Å². The minimum absolute atomic E-state index is 0.0920. The SMILES string of the molecule is CCN(CC)CCNC(=O)c1ccccc1SCC(=O)Nc1ccc(C)cc1. The number of likely N-dealkylation sites (N-methyl/N-ethyl adjacent to an activating group) is 1. The van der Waals surface area contributed by atoms with Gasteiger partial charge in [0.05, 0.1) is 11.3 Å². The van der Waals surface area contributed by atoms with Crippen molar-refractivity contribution in [1.29, 1.82) is 0 Å². The summed E-state index contributed by atoms with van der Waals surface area (Å²) in [7, 11) is 0. The van der Waals surface area contributed by atoms with Crippen LogP contribution in [0.3, 0.4) is 0 Å². The molecule has 5 nitrogen and oxygen atoms in total. The summed E-state index contributed by atoms with van der Waals surface area (Å²) in [6.45, 7) is 9.59. The van der Waals surface area contributed by atoms with Crippen LogP contribution >= 0.6 is 11.8 Å². The molecule has 6 heteroatoms. The van der Waals surface area contributed by atoms with Crippen LogP contribution in [0.15, 0.2) is 53.4 Å². The van der Waals surface area contributed by atoms with Crippen LogP contribution in [-0.2, 0) is 4.79 Å². The highest BCUT2D eigenvalue weighted by atomic mass is 32.2. The van der Waals surface area contributed by atoms with Crippen molar-refractivity contribution in [3.63, 3.8) is 0 Å². The molecule has 150 valence electrons. The highest BCUT2D eigenvalue weighted by molar-refractivity contribution is 8.00. The summed E-state index contributed by atoms with van der Waals surface area (Å²) in [6, 6.07) is 15.1. The zero-order chi connectivity index (χ0) is 20.4. The molecule has 0 aliphatic carbocycles. The van der Waals surface area contributed by atoms with Crippen molar-refractivity contribution < 1.29 is 9.59 Å². The van der Waals surface area contributed by atoms with Gasteiger partial charge in [-0.2, -0.15) is 0 Å². The van der Waals surface area contributed by atoms with Crippen molar-refractivity contribution >= 4 is 29.3 Å². The lowest BCUT2D eigenvalue weighted by atomic mass is 10.2. The summed E-state index contributed by atoms with van der Waals surface area (Å²) in [5, 5.41) is 5.86. The van der Waals surface area contributed by atoms with Gasteiger partial charge in [-0.25, -0.2) is 0 Å². The Kier molecular flexibility index (Phi) is 9.04. The van der Waals surface area contributed by atoms with Gasteiger partial charge in [0.15, 0.2) is 0 Å². The lowest BCUT2D eigenvalue weighted by Crippen LogP contribution is -2.35. The Labute approximate surface area is 171 Å². The first kappa shape index (κ1) is 22.0. The van der Waals surface area contributed by atoms with Gasteiger partial charge in [-0.05, 0) is 44.3 Å². The number of benzene rings is 2. The van der Waals surface area contributed by atoms with E-state index in [0.29, 0.717) is 12.1 Å². The normalized spacial score (nSPS) is 10.7. The van der Waals surface area contributed by atoms with Crippen LogP contribution in [-0.4, -0.2) is 48.6 Å². The molecule has 0 saturated heterocycles. The van der Waals surface area contributed by atoms with Gasteiger partial charge >= 0.3 is 0 Å². The highest BCUT2D eigenvalue weighted by Gasteiger charge is 2.13. The van der Waals surface area contributed by atoms with E-state index in [4.69, 9.17) is 0 Å². The third kappa shape index (κ3) is 7.02. The van der Waals surface area contributed by atoms with Crippen LogP contribution in [0.4, 0.5) is 5.69 Å². The monoisotopic (exact) mass is 399 g/mol. The van der Waals surface area contributed by atoms with Crippen molar-refractivity contribution in [3.8, 4) is 0 Å². The van der Waals surface area contributed by atoms with Gasteiger partial charge in [0, 0.05) is 23.7 Å². The lowest BCUT2D eigenvalue weighted by Gasteiger charge is -2.18. The summed E-state index contributed by atoms with van der Waals surface area (Å²) in [6.07, 6.45) is 0. The second-order valence-corrected chi connectivity index (χ2v) is 7.50. The van der Waals surface area contributed by atoms with Crippen LogP contribution in [0.2, 0.25) is 0 Å². The van der Waals surface area contributed by atoms with Gasteiger partial charge in [-0.15, -0.1) is 11.8 Å². The molecule has 0 heterocycles. The van der Waals surface area contributed by atoms with E-state index < -0.39 is 0 Å². The van der Waals surface area contributed by atoms with Crippen LogP contribution < -0.4 is 10.6 Å². The van der Waals surface area contributed by atoms with Gasteiger partial charge in [0.25, 0.3) is 5.91 Å². The van der Waals surface area contributed by atoms with Crippen LogP contribution in [0, 0.1) is 6.92 Å². The molecule has 0 aliphatic heterocycles. The van der Waals surface area contributed by atoms with Gasteiger partial charge in [-0.3, -0.25) is 9.59 Å². The molecule has 0 bridgehead atoms. The molecule has 28 heavy (non-hydrogen) atoms. The first-order valence-corrected chi connectivity index (χ1v) is 10.6. The maximum Gasteiger partial charge on any atom is 0.252 e. The molecule has 0 aliphatic rings. The van der Waals surface area contributed by atoms with E-state index in [1.807, 2.05) is 49.4 Å². The zero-order valence-corrected chi connectivity index (χ0v) is 17.6. The quantitative estimate of drug-likeness (QED) is 0.597. The molecule has 0 radical (unpaired) electrons. The highest BCUT2D eigenvalue weighted by Crippen LogP contribution is 2.23. The number of amides is 2. The molecular formula is C22H29N3O2S. The topological polar surface area (TPSA) is 61.4 Å². The van der Waals surface area contributed by atoms with Crippen LogP contribution in [0.5, 0.6) is 0 Å². The van der Waals surface area contributed by atoms with E-state index in [1.165, 1.54) is 11.8 Å². The molecule has 0 fully saturated rings. The first-order chi connectivity index (χ1) is 13.5. The summed E-state index contributed by atoms with van der Waals surface area (Å²) in [5.41, 5.74) is 2.53. The minimum Gasteiger partial charge on any atom is -0.351 e. The number of hydrogen-bond donors (Lipinski definition) is 2. The van der Waals surface area contributed by atoms with E-state index in [0.717, 1.165) is 35.8 Å². The average molecular weight is 400 g/mol. The van der Waals surface area contributed by atoms with Crippen molar-refractivity contribution in [2.75, 3.05) is 37.2 Å². The van der Waals surface area contributed by atoms with Gasteiger partial charge < -0.3 is 15.5 Å². The predicted molar refractivity (Wildman–Crippen MR) is 117 cm³/mol. The Morgan fingerprint density at radius 3 is 2.36 bits per heavy atom. The Morgan fingerprint density at radius 1 is 1.00 bits per heavy atom. The average Bonchev–Trinajstić information content (AvgIpc) is 2.71. The largest absolute Gasteiger partial charge is 0.351 e. The third-order valence-corrected chi connectivity index (χ3v) is 5.51. The molecule has 0 saturated carbocycles. The molecule has 0 unspecified atom stereocenters. The number of carbonyl (C=O) groups is 2. The Morgan fingerprint density at radius 2 is 1.68 bits per heavy atom. The lowest BCUT2D eigenvalue weighted by molar-refractivity contribution is -0.113. The second kappa shape index (κ2) is 11.5. The molecule has 0 atom stereocenters. The Balaban J connectivity index is 1.89. The van der Waals surface area contributed by atoms with E-state index in [2.05, 4.69) is 29.4 Å². The third-order valence-electron chi connectivity index (χ3n) is 4.43. The van der Waals surface area contributed by atoms with E-state index in [-0.39, 0.29) is 17.6 Å². The second-order valence-electron chi connectivity index (χ2n) is 6.48. The summed E-state index contributed by atoms with van der Waals surface area (Å²) >= 11 is 1.37. The Hall–Kier alpha value is -2.31. The van der Waals surface area contributed by atoms with Crippen LogP contribution in [0.25, 0.3) is 0 Å². The predicted octanol–water partition coefficient (Wildman–Crippen LogP) is 3.80. The summed E-state index contributed by atoms with van der Waals surface area (Å²) < 4.78 is 0. The molecular weight excluding hydrogens is 370 g/mol. The molecule has 2 rings (SSSR count). The van der Waals surface area contributed by atoms with Crippen LogP contribution in [0.1, 0.15) is 29.8 Å². The number of anilines is 1. The van der Waals surface area contributed by atoms with Crippen molar-refractivity contribution in [2.24, 2.45) is 0 Å². The number of thioether (sulfide) groups is 1. The fourth-order valence-electron chi connectivity index (χ4n) is 2.72. The number of nitrogens with zero attached hydrogens (tertiary/aromatic N) is 1. The number of carbonyl (C=O) groups excluding carboxylic acids is 2. The van der Waals surface area contributed by atoms with Gasteiger partial charge in [0.2, 0.25) is 5.91 Å². The number of aryl methyl sites for hydroxylation is 1. The van der Waals surface area contributed by atoms with Crippen molar-refractivity contribution in [3.05, 3.63) is 59.7 Å². The molecule has 2 N–H and O–H groups in total. The molecule has 2 aromatic carbocycles. The fraction of sp³-hybridized carbons (Fsp3) is 0.364. The van der Waals surface area contributed by atoms with E-state index in [9.17, 15) is 9.59 Å². The van der Waals surface area contributed by atoms with Gasteiger partial charge in [-0.1, -0.05) is 43.7 Å². The summed E-state index contributed by atoms with van der Waals surface area (Å²) in [5.74, 6) is 0.0530. The zero-order valence-electron chi connectivity index (χ0n) is 16.8. The summed E-state index contributed by atoms with van der Waals surface area (Å²) in [4.78, 5) is 27.8. The van der Waals surface area contributed by atoms with Gasteiger partial charge in [0.1, 0.15) is 0 Å². The standard InChI is InChI=1S/C22H29N3O2S/c1-4-25(5-2)15-14-23-22(27)19-8-6-7-9-20(19)28-16-21(26)24-18-12-10-17(3)11-13-18/h6-13H,4-5,14-16H2,1-3H3,(H,23,27)(H,24,26). The maximum atomic E-state index is 12.5. The number of nitrogens with one attached hydrogen (secondary N) is 2. The molecule has 0 spiro atoms. The fourth-order valence-corrected chi connectivity index (χ4v) is 3.57. The molecule has 2 aromatic rings. The Bertz CT molecular complexity index is 774. The van der Waals surface area contributed by atoms with E-state index >= 15 is 0 Å². The number of hydrogen-bond acceptors (Lipinski definition) is 4. The number of rotatable bonds is 10. The molecule has 2 amide bonds. The first-order valence-electron chi connectivity index (χ1n) is 9.62. The smallest absolute Gasteiger partial charge is 0.252 e. The maximum absolute atomic E-state index is 12.5. The van der Waals surface area contributed by atoms with Crippen molar-refractivity contribution in [1.82, 2.24) is 10.2 Å². The molecule has 0 aromatic heterocycles. The van der Waals surface area contributed by atoms with Crippen molar-refractivity contribution in [2.45, 2.75) is 25.7 Å².